The van der Waals surface area contributed by atoms with Crippen molar-refractivity contribution in [3.8, 4) is 0 Å². The smallest absolute Gasteiger partial charge is 0.297 e. The van der Waals surface area contributed by atoms with Crippen LogP contribution in [0.5, 0.6) is 0 Å². The van der Waals surface area contributed by atoms with E-state index in [0.717, 1.165) is 6.92 Å². The normalized spacial score (nSPS) is 12.9. The third-order valence-electron chi connectivity index (χ3n) is 0.239. The van der Waals surface area contributed by atoms with Crippen LogP contribution in [0.25, 0.3) is 0 Å². The van der Waals surface area contributed by atoms with Gasteiger partial charge < -0.3 is 5.11 Å². The Balaban J connectivity index is 3.13. The van der Waals surface area contributed by atoms with E-state index in [9.17, 15) is 10.1 Å². The fraction of sp³-hybridized carbons (Fsp3) is 1.00. The summed E-state index contributed by atoms with van der Waals surface area (Å²) in [6.45, 7) is 1.16. The maximum atomic E-state index is 9.23. The van der Waals surface area contributed by atoms with Crippen molar-refractivity contribution in [3.63, 3.8) is 0 Å². The lowest BCUT2D eigenvalue weighted by Gasteiger charge is -1.96. The van der Waals surface area contributed by atoms with E-state index in [0.29, 0.717) is 0 Å². The van der Waals surface area contributed by atoms with Crippen molar-refractivity contribution in [2.45, 2.75) is 13.2 Å². The lowest BCUT2D eigenvalue weighted by atomic mass is 10.8. The predicted molar refractivity (Wildman–Crippen MR) is 19.8 cm³/mol. The van der Waals surface area contributed by atoms with Gasteiger partial charge in [-0.1, -0.05) is 0 Å². The average molecular weight is 107 g/mol. The van der Waals surface area contributed by atoms with Gasteiger partial charge in [0.15, 0.2) is 6.29 Å². The van der Waals surface area contributed by atoms with E-state index >= 15 is 0 Å². The Morgan fingerprint density at radius 1 is 2.00 bits per heavy atom. The van der Waals surface area contributed by atoms with E-state index in [2.05, 4.69) is 4.84 Å². The molecule has 0 aliphatic carbocycles. The molecule has 5 heteroatoms. The first-order chi connectivity index (χ1) is 3.13. The predicted octanol–water partition coefficient (Wildman–Crippen LogP) is -0.467. The van der Waals surface area contributed by atoms with Gasteiger partial charge in [-0.15, -0.1) is 10.1 Å². The highest BCUT2D eigenvalue weighted by atomic mass is 17.0. The summed E-state index contributed by atoms with van der Waals surface area (Å²) in [5, 5.41) is 16.2. The Labute approximate surface area is 39.6 Å². The molecule has 1 N–H and O–H groups in total. The van der Waals surface area contributed by atoms with Crippen molar-refractivity contribution in [1.29, 1.82) is 0 Å². The molecule has 7 heavy (non-hydrogen) atoms. The molecule has 42 valence electrons. The molecule has 0 aliphatic heterocycles. The summed E-state index contributed by atoms with van der Waals surface area (Å²) in [7, 11) is 0. The molecule has 0 aliphatic rings. The molecule has 0 rings (SSSR count). The monoisotopic (exact) mass is 107 g/mol. The summed E-state index contributed by atoms with van der Waals surface area (Å²) >= 11 is 0. The maximum Gasteiger partial charge on any atom is 0.297 e. The molecule has 0 spiro atoms. The van der Waals surface area contributed by atoms with Crippen molar-refractivity contribution < 1.29 is 15.0 Å². The molecule has 0 bridgehead atoms. The Kier molecular flexibility index (Phi) is 2.07. The quantitative estimate of drug-likeness (QED) is 0.294. The van der Waals surface area contributed by atoms with Gasteiger partial charge in [0.2, 0.25) is 0 Å². The van der Waals surface area contributed by atoms with Crippen LogP contribution >= 0.6 is 0 Å². The molecule has 0 fully saturated rings. The molecule has 0 aromatic rings. The summed E-state index contributed by atoms with van der Waals surface area (Å²) in [5.41, 5.74) is 0. The van der Waals surface area contributed by atoms with Gasteiger partial charge in [-0.2, -0.15) is 0 Å². The van der Waals surface area contributed by atoms with Crippen molar-refractivity contribution in [1.82, 2.24) is 0 Å². The lowest BCUT2D eigenvalue weighted by Crippen LogP contribution is -2.11. The van der Waals surface area contributed by atoms with Crippen LogP contribution in [-0.2, 0) is 4.84 Å². The van der Waals surface area contributed by atoms with Gasteiger partial charge in [0.05, 0.1) is 0 Å². The Bertz CT molecular complexity index is 70.1. The van der Waals surface area contributed by atoms with Gasteiger partial charge in [0, 0.05) is 0 Å². The van der Waals surface area contributed by atoms with E-state index in [4.69, 9.17) is 5.11 Å². The topological polar surface area (TPSA) is 72.6 Å². The summed E-state index contributed by atoms with van der Waals surface area (Å²) in [5.74, 6) is 0. The van der Waals surface area contributed by atoms with Crippen LogP contribution in [-0.4, -0.2) is 16.5 Å². The molecule has 1 atom stereocenters. The zero-order chi connectivity index (χ0) is 5.86. The second-order valence-electron chi connectivity index (χ2n) is 0.928. The third kappa shape index (κ3) is 5.16. The minimum absolute atomic E-state index is 1.05. The molecule has 0 aromatic heterocycles. The summed E-state index contributed by atoms with van der Waals surface area (Å²) in [4.78, 5) is 12.8. The van der Waals surface area contributed by atoms with Gasteiger partial charge in [-0.3, -0.25) is 4.84 Å². The number of hydrogen-bond acceptors (Lipinski definition) is 4. The highest BCUT2D eigenvalue weighted by Crippen LogP contribution is 1.80. The lowest BCUT2D eigenvalue weighted by molar-refractivity contribution is -0.778. The van der Waals surface area contributed by atoms with Crippen molar-refractivity contribution in [3.05, 3.63) is 10.1 Å². The van der Waals surface area contributed by atoms with E-state index in [-0.39, 0.29) is 0 Å². The molecule has 1 unspecified atom stereocenters. The van der Waals surface area contributed by atoms with Crippen molar-refractivity contribution in [2.24, 2.45) is 0 Å². The van der Waals surface area contributed by atoms with Crippen LogP contribution in [0.4, 0.5) is 0 Å². The summed E-state index contributed by atoms with van der Waals surface area (Å²) < 4.78 is 0. The van der Waals surface area contributed by atoms with Crippen molar-refractivity contribution in [2.75, 3.05) is 0 Å². The van der Waals surface area contributed by atoms with Gasteiger partial charge >= 0.3 is 0 Å². The van der Waals surface area contributed by atoms with Crippen molar-refractivity contribution >= 4 is 0 Å². The third-order valence-corrected chi connectivity index (χ3v) is 0.239. The fourth-order valence-electron chi connectivity index (χ4n) is 0.125. The second kappa shape index (κ2) is 2.35. The highest BCUT2D eigenvalue weighted by molar-refractivity contribution is 4.09. The van der Waals surface area contributed by atoms with Gasteiger partial charge in [0.25, 0.3) is 5.09 Å². The highest BCUT2D eigenvalue weighted by Gasteiger charge is 1.97. The van der Waals surface area contributed by atoms with Crippen LogP contribution in [0.3, 0.4) is 0 Å². The number of aliphatic hydroxyl groups excluding tert-OH is 1. The van der Waals surface area contributed by atoms with Gasteiger partial charge in [0.1, 0.15) is 0 Å². The molecule has 0 radical (unpaired) electrons. The minimum atomic E-state index is -1.32. The second-order valence-corrected chi connectivity index (χ2v) is 0.928. The van der Waals surface area contributed by atoms with Crippen LogP contribution in [0, 0.1) is 10.1 Å². The maximum absolute atomic E-state index is 9.23. The Hall–Kier alpha value is -0.840. The van der Waals surface area contributed by atoms with E-state index in [1.54, 1.807) is 0 Å². The van der Waals surface area contributed by atoms with Gasteiger partial charge in [-0.05, 0) is 6.92 Å². The molecular formula is C2H5NO4. The van der Waals surface area contributed by atoms with Crippen LogP contribution in [0.15, 0.2) is 0 Å². The number of hydrogen-bond donors (Lipinski definition) is 1. The van der Waals surface area contributed by atoms with E-state index < -0.39 is 11.4 Å². The first-order valence-electron chi connectivity index (χ1n) is 1.62. The van der Waals surface area contributed by atoms with Gasteiger partial charge in [-0.25, -0.2) is 0 Å². The molecule has 0 saturated carbocycles. The average Bonchev–Trinajstić information content (AvgIpc) is 1.27. The van der Waals surface area contributed by atoms with E-state index in [1.807, 2.05) is 0 Å². The largest absolute Gasteiger partial charge is 0.369 e. The zero-order valence-corrected chi connectivity index (χ0v) is 3.70. The van der Waals surface area contributed by atoms with Crippen LogP contribution in [0.2, 0.25) is 0 Å². The SMILES string of the molecule is CC(O)O[N+](=O)[O-]. The molecule has 0 saturated heterocycles. The minimum Gasteiger partial charge on any atom is -0.369 e. The molecule has 5 nitrogen and oxygen atoms in total. The number of aliphatic hydroxyl groups is 1. The number of nitrogens with zero attached hydrogens (tertiary/aromatic N) is 1. The molecule has 0 aromatic carbocycles. The number of rotatable bonds is 2. The Morgan fingerprint density at radius 3 is 2.43 bits per heavy atom. The molecular weight excluding hydrogens is 102 g/mol. The zero-order valence-electron chi connectivity index (χ0n) is 3.70. The molecule has 0 amide bonds. The first kappa shape index (κ1) is 6.16. The summed E-state index contributed by atoms with van der Waals surface area (Å²) in [6.07, 6.45) is -1.32. The summed E-state index contributed by atoms with van der Waals surface area (Å²) in [6, 6.07) is 0. The Morgan fingerprint density at radius 2 is 2.43 bits per heavy atom. The van der Waals surface area contributed by atoms with Crippen LogP contribution < -0.4 is 0 Å². The van der Waals surface area contributed by atoms with E-state index in [1.165, 1.54) is 0 Å². The first-order valence-corrected chi connectivity index (χ1v) is 1.62. The molecule has 0 heterocycles. The standard InChI is InChI=1S/C2H5NO4/c1-2(4)7-3(5)6/h2,4H,1H3. The fourth-order valence-corrected chi connectivity index (χ4v) is 0.125. The van der Waals surface area contributed by atoms with Crippen LogP contribution in [0.1, 0.15) is 6.92 Å².